The molecule has 8 bridgehead atoms. The lowest BCUT2D eigenvalue weighted by Gasteiger charge is -2.07. The summed E-state index contributed by atoms with van der Waals surface area (Å²) in [5, 5.41) is 9.94. The lowest BCUT2D eigenvalue weighted by atomic mass is 10.1. The number of hydrogen-bond acceptors (Lipinski definition) is 4. The van der Waals surface area contributed by atoms with E-state index in [4.69, 9.17) is 20.1 Å². The van der Waals surface area contributed by atoms with Crippen LogP contribution in [-0.2, 0) is 26.2 Å². The van der Waals surface area contributed by atoms with Crippen LogP contribution in [0.3, 0.4) is 0 Å². The van der Waals surface area contributed by atoms with Crippen LogP contribution in [-0.4, -0.2) is 31.9 Å². The molecular formula is C28H25N7O+2. The van der Waals surface area contributed by atoms with Crippen molar-refractivity contribution in [2.24, 2.45) is 0 Å². The van der Waals surface area contributed by atoms with Gasteiger partial charge in [-0.15, -0.1) is 18.7 Å². The molecule has 0 spiro atoms. The van der Waals surface area contributed by atoms with Crippen molar-refractivity contribution in [2.45, 2.75) is 26.2 Å². The fourth-order valence-electron chi connectivity index (χ4n) is 5.11. The minimum absolute atomic E-state index is 0.588. The monoisotopic (exact) mass is 475 g/mol. The van der Waals surface area contributed by atoms with Crippen molar-refractivity contribution in [2.75, 3.05) is 7.11 Å². The van der Waals surface area contributed by atoms with E-state index in [0.29, 0.717) is 26.2 Å². The van der Waals surface area contributed by atoms with Gasteiger partial charge in [-0.05, 0) is 65.7 Å². The maximum Gasteiger partial charge on any atom is 0.198 e. The molecule has 4 heterocycles. The molecule has 3 aromatic carbocycles. The Morgan fingerprint density at radius 3 is 1.72 bits per heavy atom. The zero-order valence-electron chi connectivity index (χ0n) is 20.0. The number of ether oxygens (including phenoxy) is 1. The van der Waals surface area contributed by atoms with Crippen molar-refractivity contribution in [1.29, 1.82) is 0 Å². The Morgan fingerprint density at radius 1 is 0.667 bits per heavy atom. The molecule has 176 valence electrons. The van der Waals surface area contributed by atoms with Crippen LogP contribution in [0.5, 0.6) is 5.75 Å². The molecule has 0 radical (unpaired) electrons. The SMILES string of the molecule is COc1cc2cc(c1)C[n+]1nn(c3ccccc31)Cc1cccc(n1)Cn1n[n+](c3ccccc31)C2. The number of nitrogens with zero attached hydrogens (tertiary/aromatic N) is 7. The van der Waals surface area contributed by atoms with Crippen LogP contribution in [0.1, 0.15) is 22.5 Å². The largest absolute Gasteiger partial charge is 0.497 e. The van der Waals surface area contributed by atoms with E-state index in [1.54, 1.807) is 7.11 Å². The van der Waals surface area contributed by atoms with E-state index < -0.39 is 0 Å². The summed E-state index contributed by atoms with van der Waals surface area (Å²) in [6.07, 6.45) is 0. The summed E-state index contributed by atoms with van der Waals surface area (Å²) in [5.41, 5.74) is 8.51. The minimum atomic E-state index is 0.588. The standard InChI is InChI=1S/C28H25N7O/c1-36-24-14-20-13-21(15-24)17-33-26-10-3-5-12-28(26)35(31-33)19-23-8-6-7-22(29-23)18-34-27-11-4-2-9-25(27)32(16-20)30-34/h2-15H,16-19H2,1H3/q+2. The van der Waals surface area contributed by atoms with Crippen molar-refractivity contribution in [1.82, 2.24) is 24.8 Å². The first-order valence-electron chi connectivity index (χ1n) is 12.1. The zero-order chi connectivity index (χ0) is 24.1. The Hall–Kier alpha value is -4.59. The smallest absolute Gasteiger partial charge is 0.198 e. The van der Waals surface area contributed by atoms with Gasteiger partial charge < -0.3 is 4.74 Å². The second kappa shape index (κ2) is 8.27. The van der Waals surface area contributed by atoms with Gasteiger partial charge in [0, 0.05) is 0 Å². The first-order valence-corrected chi connectivity index (χ1v) is 12.1. The van der Waals surface area contributed by atoms with Crippen LogP contribution >= 0.6 is 0 Å². The summed E-state index contributed by atoms with van der Waals surface area (Å²) >= 11 is 0. The van der Waals surface area contributed by atoms with E-state index in [-0.39, 0.29) is 0 Å². The van der Waals surface area contributed by atoms with Gasteiger partial charge in [-0.2, -0.15) is 0 Å². The van der Waals surface area contributed by atoms with E-state index >= 15 is 0 Å². The van der Waals surface area contributed by atoms with Gasteiger partial charge in [0.15, 0.2) is 35.2 Å². The average molecular weight is 476 g/mol. The average Bonchev–Trinajstić information content (AvgIpc) is 3.41. The molecule has 1 aliphatic heterocycles. The Labute approximate surface area is 207 Å². The molecule has 0 fully saturated rings. The van der Waals surface area contributed by atoms with Crippen LogP contribution in [0, 0.1) is 0 Å². The molecular weight excluding hydrogens is 450 g/mol. The van der Waals surface area contributed by atoms with E-state index in [0.717, 1.165) is 50.3 Å². The van der Waals surface area contributed by atoms with Gasteiger partial charge in [-0.1, -0.05) is 30.3 Å². The molecule has 36 heavy (non-hydrogen) atoms. The van der Waals surface area contributed by atoms with Gasteiger partial charge in [-0.3, -0.25) is 0 Å². The summed E-state index contributed by atoms with van der Waals surface area (Å²) in [4.78, 5) is 4.97. The zero-order valence-corrected chi connectivity index (χ0v) is 20.0. The highest BCUT2D eigenvalue weighted by molar-refractivity contribution is 5.71. The molecule has 0 aliphatic carbocycles. The van der Waals surface area contributed by atoms with Crippen molar-refractivity contribution in [3.05, 3.63) is 107 Å². The number of rotatable bonds is 1. The van der Waals surface area contributed by atoms with Gasteiger partial charge in [-0.25, -0.2) is 4.98 Å². The lowest BCUT2D eigenvalue weighted by Crippen LogP contribution is -2.39. The number of methoxy groups -OCH3 is 1. The number of benzene rings is 3. The molecule has 0 saturated carbocycles. The van der Waals surface area contributed by atoms with Crippen LogP contribution in [0.2, 0.25) is 0 Å². The first kappa shape index (κ1) is 20.8. The molecule has 0 amide bonds. The van der Waals surface area contributed by atoms with Crippen LogP contribution in [0.25, 0.3) is 22.1 Å². The molecule has 0 atom stereocenters. The second-order valence-corrected chi connectivity index (χ2v) is 9.20. The van der Waals surface area contributed by atoms with Crippen LogP contribution in [0.15, 0.2) is 84.9 Å². The van der Waals surface area contributed by atoms with Gasteiger partial charge >= 0.3 is 0 Å². The fraction of sp³-hybridized carbons (Fsp3) is 0.179. The molecule has 8 heteroatoms. The fourth-order valence-corrected chi connectivity index (χ4v) is 5.11. The van der Waals surface area contributed by atoms with E-state index in [2.05, 4.69) is 94.3 Å². The maximum absolute atomic E-state index is 5.67. The Morgan fingerprint density at radius 2 is 1.19 bits per heavy atom. The third kappa shape index (κ3) is 3.58. The molecule has 0 saturated heterocycles. The highest BCUT2D eigenvalue weighted by Crippen LogP contribution is 2.20. The summed E-state index contributed by atoms with van der Waals surface area (Å²) in [6.45, 7) is 2.44. The molecule has 7 rings (SSSR count). The van der Waals surface area contributed by atoms with Gasteiger partial charge in [0.2, 0.25) is 0 Å². The van der Waals surface area contributed by atoms with Crippen molar-refractivity contribution in [3.8, 4) is 5.75 Å². The van der Waals surface area contributed by atoms with Crippen molar-refractivity contribution >= 4 is 22.1 Å². The Balaban J connectivity index is 1.45. The quantitative estimate of drug-likeness (QED) is 0.343. The van der Waals surface area contributed by atoms with E-state index in [1.807, 2.05) is 9.36 Å². The van der Waals surface area contributed by atoms with Crippen LogP contribution in [0.4, 0.5) is 0 Å². The summed E-state index contributed by atoms with van der Waals surface area (Å²) < 4.78 is 13.9. The van der Waals surface area contributed by atoms with Crippen molar-refractivity contribution < 1.29 is 14.1 Å². The summed E-state index contributed by atoms with van der Waals surface area (Å²) in [6, 6.07) is 29.3. The normalized spacial score (nSPS) is 13.2. The number of aromatic nitrogens is 7. The highest BCUT2D eigenvalue weighted by Gasteiger charge is 2.22. The number of hydrogen-bond donors (Lipinski definition) is 0. The van der Waals surface area contributed by atoms with E-state index in [1.165, 1.54) is 0 Å². The van der Waals surface area contributed by atoms with Crippen LogP contribution < -0.4 is 14.1 Å². The third-order valence-corrected chi connectivity index (χ3v) is 6.72. The van der Waals surface area contributed by atoms with Crippen molar-refractivity contribution in [3.63, 3.8) is 0 Å². The molecule has 3 aromatic heterocycles. The Bertz CT molecular complexity index is 1630. The Kier molecular flexibility index (Phi) is 4.77. The topological polar surface area (TPSA) is 65.5 Å². The summed E-state index contributed by atoms with van der Waals surface area (Å²) in [7, 11) is 1.71. The predicted octanol–water partition coefficient (Wildman–Crippen LogP) is 2.87. The lowest BCUT2D eigenvalue weighted by molar-refractivity contribution is -0.725. The van der Waals surface area contributed by atoms with E-state index in [9.17, 15) is 0 Å². The van der Waals surface area contributed by atoms with Gasteiger partial charge in [0.05, 0.1) is 28.9 Å². The van der Waals surface area contributed by atoms with Gasteiger partial charge in [0.25, 0.3) is 0 Å². The summed E-state index contributed by atoms with van der Waals surface area (Å²) in [5.74, 6) is 0.830. The molecule has 6 aromatic rings. The first-order chi connectivity index (χ1) is 17.7. The molecule has 0 unspecified atom stereocenters. The number of pyridine rings is 1. The third-order valence-electron chi connectivity index (χ3n) is 6.72. The number of fused-ring (bicyclic) bond motifs is 14. The molecule has 8 nitrogen and oxygen atoms in total. The predicted molar refractivity (Wildman–Crippen MR) is 133 cm³/mol. The second-order valence-electron chi connectivity index (χ2n) is 9.20. The maximum atomic E-state index is 5.67. The van der Waals surface area contributed by atoms with Gasteiger partial charge in [0.1, 0.15) is 18.8 Å². The minimum Gasteiger partial charge on any atom is -0.497 e. The number of para-hydroxylation sites is 4. The highest BCUT2D eigenvalue weighted by atomic mass is 16.5. The molecule has 1 aliphatic rings. The molecule has 0 N–H and O–H groups in total.